The first kappa shape index (κ1) is 18.9. The third-order valence-electron chi connectivity index (χ3n) is 4.94. The molecule has 0 N–H and O–H groups in total. The van der Waals surface area contributed by atoms with E-state index >= 15 is 0 Å². The second kappa shape index (κ2) is 7.53. The molecular weight excluding hydrogens is 388 g/mol. The predicted octanol–water partition coefficient (Wildman–Crippen LogP) is 4.47. The van der Waals surface area contributed by atoms with Crippen LogP contribution in [0.1, 0.15) is 36.1 Å². The van der Waals surface area contributed by atoms with Gasteiger partial charge in [0.25, 0.3) is 0 Å². The summed E-state index contributed by atoms with van der Waals surface area (Å²) in [6, 6.07) is 16.4. The largest absolute Gasteiger partial charge is 0.497 e. The van der Waals surface area contributed by atoms with Gasteiger partial charge in [0, 0.05) is 24.3 Å². The molecule has 0 aliphatic carbocycles. The number of carbonyl (C=O) groups excluding carboxylic acids is 1. The van der Waals surface area contributed by atoms with Crippen LogP contribution >= 0.6 is 11.6 Å². The lowest BCUT2D eigenvalue weighted by Gasteiger charge is -2.21. The maximum atomic E-state index is 12.3. The van der Waals surface area contributed by atoms with Gasteiger partial charge in [-0.15, -0.1) is 0 Å². The third-order valence-corrected chi connectivity index (χ3v) is 5.24. The minimum absolute atomic E-state index is 0.180. The molecule has 1 unspecified atom stereocenters. The Hall–Kier alpha value is -3.43. The Morgan fingerprint density at radius 1 is 1.24 bits per heavy atom. The van der Waals surface area contributed by atoms with Crippen LogP contribution in [0, 0.1) is 11.3 Å². The van der Waals surface area contributed by atoms with Gasteiger partial charge in [-0.2, -0.15) is 10.4 Å². The summed E-state index contributed by atoms with van der Waals surface area (Å²) in [6.45, 7) is 1.48. The highest BCUT2D eigenvalue weighted by Gasteiger charge is 2.33. The number of nitriles is 1. The van der Waals surface area contributed by atoms with E-state index in [1.165, 1.54) is 11.9 Å². The number of hydrogen-bond donors (Lipinski definition) is 0. The molecule has 0 fully saturated rings. The molecule has 2 heterocycles. The van der Waals surface area contributed by atoms with Gasteiger partial charge in [-0.05, 0) is 42.0 Å². The smallest absolute Gasteiger partial charge is 0.240 e. The second-order valence-corrected chi connectivity index (χ2v) is 7.10. The van der Waals surface area contributed by atoms with Crippen molar-refractivity contribution >= 4 is 34.1 Å². The number of pyridine rings is 1. The lowest BCUT2D eigenvalue weighted by atomic mass is 9.98. The summed E-state index contributed by atoms with van der Waals surface area (Å²) in [7, 11) is 1.61. The Labute approximate surface area is 173 Å². The molecule has 0 bridgehead atoms. The van der Waals surface area contributed by atoms with Crippen molar-refractivity contribution in [3.63, 3.8) is 0 Å². The van der Waals surface area contributed by atoms with Crippen LogP contribution in [-0.4, -0.2) is 28.7 Å². The van der Waals surface area contributed by atoms with Crippen molar-refractivity contribution < 1.29 is 9.53 Å². The fourth-order valence-corrected chi connectivity index (χ4v) is 3.73. The zero-order valence-corrected chi connectivity index (χ0v) is 16.6. The van der Waals surface area contributed by atoms with Crippen molar-refractivity contribution in [1.29, 1.82) is 5.26 Å². The number of aromatic nitrogens is 1. The number of nitrogens with zero attached hydrogens (tertiary/aromatic N) is 4. The molecule has 1 aliphatic rings. The minimum atomic E-state index is -0.353. The van der Waals surface area contributed by atoms with Crippen molar-refractivity contribution in [3.05, 3.63) is 70.4 Å². The third kappa shape index (κ3) is 3.53. The molecule has 144 valence electrons. The Bertz CT molecular complexity index is 1180. The molecule has 2 aromatic carbocycles. The quantitative estimate of drug-likeness (QED) is 0.603. The normalized spacial score (nSPS) is 15.9. The lowest BCUT2D eigenvalue weighted by molar-refractivity contribution is -0.130. The topological polar surface area (TPSA) is 78.6 Å². The van der Waals surface area contributed by atoms with Crippen LogP contribution in [0.3, 0.4) is 0 Å². The lowest BCUT2D eigenvalue weighted by Crippen LogP contribution is -2.24. The van der Waals surface area contributed by atoms with Crippen molar-refractivity contribution in [2.24, 2.45) is 5.10 Å². The van der Waals surface area contributed by atoms with Gasteiger partial charge in [0.1, 0.15) is 10.9 Å². The number of methoxy groups -OCH3 is 1. The number of halogens is 1. The molecule has 1 atom stereocenters. The van der Waals surface area contributed by atoms with E-state index in [9.17, 15) is 4.79 Å². The van der Waals surface area contributed by atoms with E-state index in [1.807, 2.05) is 36.4 Å². The van der Waals surface area contributed by atoms with E-state index in [0.29, 0.717) is 17.1 Å². The van der Waals surface area contributed by atoms with Crippen LogP contribution < -0.4 is 4.74 Å². The molecule has 7 heteroatoms. The first-order chi connectivity index (χ1) is 14.0. The molecule has 0 saturated heterocycles. The number of hydrazone groups is 1. The molecule has 0 radical (unpaired) electrons. The molecule has 3 aromatic rings. The Kier molecular flexibility index (Phi) is 4.91. The summed E-state index contributed by atoms with van der Waals surface area (Å²) in [5, 5.41) is 16.2. The standard InChI is InChI=1S/C22H17ClN4O2/c1-13(28)27-21(11-20(26-27)15-5-3-14(12-24)4-6-15)18-10-16-9-17(29-2)7-8-19(16)25-22(18)23/h3-10,21H,11H2,1-2H3. The maximum Gasteiger partial charge on any atom is 0.240 e. The molecule has 1 aliphatic heterocycles. The van der Waals surface area contributed by atoms with Crippen LogP contribution in [0.2, 0.25) is 5.15 Å². The molecule has 0 saturated carbocycles. The van der Waals surface area contributed by atoms with Crippen LogP contribution in [0.15, 0.2) is 53.6 Å². The molecular formula is C22H17ClN4O2. The van der Waals surface area contributed by atoms with Crippen molar-refractivity contribution in [1.82, 2.24) is 9.99 Å². The first-order valence-electron chi connectivity index (χ1n) is 9.02. The number of hydrogen-bond acceptors (Lipinski definition) is 5. The summed E-state index contributed by atoms with van der Waals surface area (Å²) in [4.78, 5) is 16.8. The minimum Gasteiger partial charge on any atom is -0.497 e. The molecule has 4 rings (SSSR count). The SMILES string of the molecule is COc1ccc2nc(Cl)c(C3CC(c4ccc(C#N)cc4)=NN3C(C)=O)cc2c1. The molecule has 29 heavy (non-hydrogen) atoms. The van der Waals surface area contributed by atoms with Crippen molar-refractivity contribution in [3.8, 4) is 11.8 Å². The second-order valence-electron chi connectivity index (χ2n) is 6.75. The Balaban J connectivity index is 1.74. The highest BCUT2D eigenvalue weighted by atomic mass is 35.5. The fourth-order valence-electron chi connectivity index (χ4n) is 3.46. The van der Waals surface area contributed by atoms with Gasteiger partial charge in [0.05, 0.1) is 36.0 Å². The van der Waals surface area contributed by atoms with Gasteiger partial charge < -0.3 is 4.74 Å². The van der Waals surface area contributed by atoms with Crippen LogP contribution in [-0.2, 0) is 4.79 Å². The molecule has 0 spiro atoms. The van der Waals surface area contributed by atoms with Gasteiger partial charge in [-0.25, -0.2) is 9.99 Å². The van der Waals surface area contributed by atoms with E-state index in [0.717, 1.165) is 33.5 Å². The zero-order valence-electron chi connectivity index (χ0n) is 15.9. The summed E-state index contributed by atoms with van der Waals surface area (Å²) in [5.41, 5.74) is 3.68. The van der Waals surface area contributed by atoms with Crippen LogP contribution in [0.5, 0.6) is 5.75 Å². The fraction of sp³-hybridized carbons (Fsp3) is 0.182. The van der Waals surface area contributed by atoms with Gasteiger partial charge in [-0.1, -0.05) is 23.7 Å². The van der Waals surface area contributed by atoms with Gasteiger partial charge in [-0.3, -0.25) is 4.79 Å². The zero-order chi connectivity index (χ0) is 20.5. The van der Waals surface area contributed by atoms with Gasteiger partial charge >= 0.3 is 0 Å². The van der Waals surface area contributed by atoms with Gasteiger partial charge in [0.2, 0.25) is 5.91 Å². The average molecular weight is 405 g/mol. The Morgan fingerprint density at radius 3 is 2.66 bits per heavy atom. The van der Waals surface area contributed by atoms with Crippen LogP contribution in [0.25, 0.3) is 10.9 Å². The first-order valence-corrected chi connectivity index (χ1v) is 9.40. The van der Waals surface area contributed by atoms with E-state index < -0.39 is 0 Å². The van der Waals surface area contributed by atoms with Crippen molar-refractivity contribution in [2.45, 2.75) is 19.4 Å². The number of fused-ring (bicyclic) bond motifs is 1. The number of benzene rings is 2. The van der Waals surface area contributed by atoms with Gasteiger partial charge in [0.15, 0.2) is 0 Å². The highest BCUT2D eigenvalue weighted by Crippen LogP contribution is 2.37. The predicted molar refractivity (Wildman–Crippen MR) is 111 cm³/mol. The highest BCUT2D eigenvalue weighted by molar-refractivity contribution is 6.30. The summed E-state index contributed by atoms with van der Waals surface area (Å²) < 4.78 is 5.30. The van der Waals surface area contributed by atoms with E-state index in [1.54, 1.807) is 19.2 Å². The van der Waals surface area contributed by atoms with E-state index in [4.69, 9.17) is 21.6 Å². The molecule has 1 aromatic heterocycles. The number of carbonyl (C=O) groups is 1. The van der Waals surface area contributed by atoms with E-state index in [-0.39, 0.29) is 11.9 Å². The summed E-state index contributed by atoms with van der Waals surface area (Å²) in [5.74, 6) is 0.539. The van der Waals surface area contributed by atoms with E-state index in [2.05, 4.69) is 16.2 Å². The molecule has 6 nitrogen and oxygen atoms in total. The molecule has 1 amide bonds. The summed E-state index contributed by atoms with van der Waals surface area (Å²) in [6.07, 6.45) is 0.502. The number of amides is 1. The monoisotopic (exact) mass is 404 g/mol. The maximum absolute atomic E-state index is 12.3. The Morgan fingerprint density at radius 2 is 2.00 bits per heavy atom. The summed E-state index contributed by atoms with van der Waals surface area (Å²) >= 11 is 6.49. The van der Waals surface area contributed by atoms with Crippen molar-refractivity contribution in [2.75, 3.05) is 7.11 Å². The number of ether oxygens (including phenoxy) is 1. The van der Waals surface area contributed by atoms with Crippen LogP contribution in [0.4, 0.5) is 0 Å². The average Bonchev–Trinajstić information content (AvgIpc) is 3.18. The number of rotatable bonds is 3.